The average Bonchev–Trinajstić information content (AvgIpc) is 2.77. The van der Waals surface area contributed by atoms with Crippen molar-refractivity contribution in [1.82, 2.24) is 4.98 Å². The molecule has 2 heterocycles. The number of aryl methyl sites for hydroxylation is 1. The van der Waals surface area contributed by atoms with Crippen molar-refractivity contribution in [2.45, 2.75) is 52.7 Å². The first kappa shape index (κ1) is 22.7. The quantitative estimate of drug-likeness (QED) is 0.310. The Kier molecular flexibility index (Phi) is 5.52. The van der Waals surface area contributed by atoms with Gasteiger partial charge in [-0.2, -0.15) is 0 Å². The Hall–Kier alpha value is -3.12. The van der Waals surface area contributed by atoms with Crippen LogP contribution in [0.3, 0.4) is 0 Å². The highest BCUT2D eigenvalue weighted by molar-refractivity contribution is 6.08. The van der Waals surface area contributed by atoms with Crippen molar-refractivity contribution in [3.05, 3.63) is 70.7 Å². The Morgan fingerprint density at radius 1 is 1.12 bits per heavy atom. The van der Waals surface area contributed by atoms with Crippen molar-refractivity contribution >= 4 is 21.7 Å². The zero-order chi connectivity index (χ0) is 24.2. The van der Waals surface area contributed by atoms with Gasteiger partial charge in [0.2, 0.25) is 0 Å². The van der Waals surface area contributed by atoms with E-state index in [1.54, 1.807) is 6.20 Å². The van der Waals surface area contributed by atoms with Crippen molar-refractivity contribution < 1.29 is 22.6 Å². The molecule has 4 aromatic rings. The first-order chi connectivity index (χ1) is 16.1. The summed E-state index contributed by atoms with van der Waals surface area (Å²) in [6.07, 6.45) is -0.345. The van der Waals surface area contributed by atoms with Gasteiger partial charge in [0.1, 0.15) is 11.6 Å². The van der Waals surface area contributed by atoms with Gasteiger partial charge in [0.25, 0.3) is 6.43 Å². The SMILES string of the molecule is Cc1cc2cc(C(F)F)c(F)cc2c(-c2ccc3c4c(ccnc24)CCO3)c1COC(C)(C)C. The summed E-state index contributed by atoms with van der Waals surface area (Å²) in [7, 11) is 0. The molecule has 0 saturated carbocycles. The first-order valence-electron chi connectivity index (χ1n) is 11.4. The molecule has 5 rings (SSSR count). The second-order valence-corrected chi connectivity index (χ2v) is 9.75. The molecule has 0 aliphatic carbocycles. The lowest BCUT2D eigenvalue weighted by molar-refractivity contribution is -0.0149. The number of benzene rings is 3. The Balaban J connectivity index is 1.86. The van der Waals surface area contributed by atoms with Gasteiger partial charge in [-0.15, -0.1) is 0 Å². The highest BCUT2D eigenvalue weighted by Crippen LogP contribution is 2.43. The molecule has 0 amide bonds. The van der Waals surface area contributed by atoms with E-state index in [2.05, 4.69) is 4.98 Å². The molecule has 3 nitrogen and oxygen atoms in total. The van der Waals surface area contributed by atoms with Crippen LogP contribution >= 0.6 is 0 Å². The minimum Gasteiger partial charge on any atom is -0.493 e. The summed E-state index contributed by atoms with van der Waals surface area (Å²) in [6.45, 7) is 8.73. The lowest BCUT2D eigenvalue weighted by atomic mass is 9.87. The molecular weight excluding hydrogens is 439 g/mol. The summed E-state index contributed by atoms with van der Waals surface area (Å²) in [5.74, 6) is -0.155. The monoisotopic (exact) mass is 465 g/mol. The third-order valence-electron chi connectivity index (χ3n) is 6.31. The Morgan fingerprint density at radius 3 is 2.65 bits per heavy atom. The van der Waals surface area contributed by atoms with E-state index < -0.39 is 23.4 Å². The fraction of sp³-hybridized carbons (Fsp3) is 0.321. The molecule has 0 spiro atoms. The van der Waals surface area contributed by atoms with Gasteiger partial charge in [-0.05, 0) is 91.1 Å². The summed E-state index contributed by atoms with van der Waals surface area (Å²) in [4.78, 5) is 4.68. The van der Waals surface area contributed by atoms with Crippen LogP contribution in [-0.2, 0) is 17.8 Å². The summed E-state index contributed by atoms with van der Waals surface area (Å²) in [5, 5.41) is 2.05. The van der Waals surface area contributed by atoms with Crippen LogP contribution in [0.25, 0.3) is 32.8 Å². The largest absolute Gasteiger partial charge is 0.493 e. The van der Waals surface area contributed by atoms with E-state index in [1.807, 2.05) is 52.0 Å². The highest BCUT2D eigenvalue weighted by atomic mass is 19.3. The number of hydrogen-bond donors (Lipinski definition) is 0. The van der Waals surface area contributed by atoms with E-state index in [4.69, 9.17) is 9.47 Å². The van der Waals surface area contributed by atoms with Crippen LogP contribution in [0, 0.1) is 12.7 Å². The molecule has 3 aromatic carbocycles. The number of aromatic nitrogens is 1. The first-order valence-corrected chi connectivity index (χ1v) is 11.4. The Morgan fingerprint density at radius 2 is 1.91 bits per heavy atom. The van der Waals surface area contributed by atoms with E-state index in [1.165, 1.54) is 12.1 Å². The van der Waals surface area contributed by atoms with Gasteiger partial charge in [-0.1, -0.05) is 6.07 Å². The zero-order valence-corrected chi connectivity index (χ0v) is 19.6. The third-order valence-corrected chi connectivity index (χ3v) is 6.31. The molecular formula is C28H26F3NO2. The second kappa shape index (κ2) is 8.27. The van der Waals surface area contributed by atoms with Crippen molar-refractivity contribution in [3.63, 3.8) is 0 Å². The van der Waals surface area contributed by atoms with E-state index in [0.29, 0.717) is 17.4 Å². The minimum atomic E-state index is -2.89. The van der Waals surface area contributed by atoms with E-state index >= 15 is 0 Å². The summed E-state index contributed by atoms with van der Waals surface area (Å²) >= 11 is 0. The number of halogens is 3. The van der Waals surface area contributed by atoms with E-state index in [-0.39, 0.29) is 6.61 Å². The Labute approximate surface area is 196 Å². The van der Waals surface area contributed by atoms with Gasteiger partial charge in [-0.25, -0.2) is 13.2 Å². The molecule has 1 aliphatic heterocycles. The standard InChI is InChI=1S/C28H26F3NO2/c1-15-11-17-12-20(27(30)31)22(29)13-19(17)25(21(15)14-34-28(2,3)4)18-5-6-23-24-16(8-10-33-23)7-9-32-26(18)24/h5-7,9,11-13,27H,8,10,14H2,1-4H3. The van der Waals surface area contributed by atoms with Crippen molar-refractivity contribution in [2.75, 3.05) is 6.61 Å². The molecule has 176 valence electrons. The van der Waals surface area contributed by atoms with Crippen LogP contribution in [0.1, 0.15) is 49.5 Å². The van der Waals surface area contributed by atoms with Crippen LogP contribution in [0.2, 0.25) is 0 Å². The number of rotatable bonds is 4. The number of alkyl halides is 2. The minimum absolute atomic E-state index is 0.290. The zero-order valence-electron chi connectivity index (χ0n) is 19.6. The smallest absolute Gasteiger partial charge is 0.266 e. The molecule has 0 N–H and O–H groups in total. The highest BCUT2D eigenvalue weighted by Gasteiger charge is 2.24. The molecule has 1 aromatic heterocycles. The molecule has 0 atom stereocenters. The van der Waals surface area contributed by atoms with Gasteiger partial charge in [0, 0.05) is 23.6 Å². The lowest BCUT2D eigenvalue weighted by Crippen LogP contribution is -2.19. The van der Waals surface area contributed by atoms with Gasteiger partial charge in [0.05, 0.1) is 29.9 Å². The lowest BCUT2D eigenvalue weighted by Gasteiger charge is -2.25. The summed E-state index contributed by atoms with van der Waals surface area (Å²) in [5.41, 5.74) is 4.22. The molecule has 6 heteroatoms. The van der Waals surface area contributed by atoms with Gasteiger partial charge in [0.15, 0.2) is 0 Å². The number of hydrogen-bond acceptors (Lipinski definition) is 3. The second-order valence-electron chi connectivity index (χ2n) is 9.75. The van der Waals surface area contributed by atoms with Crippen LogP contribution < -0.4 is 4.74 Å². The van der Waals surface area contributed by atoms with Gasteiger partial charge >= 0.3 is 0 Å². The van der Waals surface area contributed by atoms with Crippen LogP contribution in [0.5, 0.6) is 5.75 Å². The number of ether oxygens (including phenoxy) is 2. The number of nitrogens with zero attached hydrogens (tertiary/aromatic N) is 1. The van der Waals surface area contributed by atoms with Gasteiger partial charge < -0.3 is 9.47 Å². The molecule has 0 saturated heterocycles. The fourth-order valence-corrected chi connectivity index (χ4v) is 4.68. The predicted octanol–water partition coefficient (Wildman–Crippen LogP) is 7.69. The molecule has 0 bridgehead atoms. The maximum atomic E-state index is 14.8. The van der Waals surface area contributed by atoms with Crippen molar-refractivity contribution in [2.24, 2.45) is 0 Å². The normalized spacial score (nSPS) is 13.6. The molecule has 1 aliphatic rings. The number of pyridine rings is 1. The van der Waals surface area contributed by atoms with Crippen LogP contribution in [-0.4, -0.2) is 17.2 Å². The summed E-state index contributed by atoms with van der Waals surface area (Å²) < 4.78 is 53.8. The Bertz CT molecular complexity index is 1410. The molecule has 34 heavy (non-hydrogen) atoms. The van der Waals surface area contributed by atoms with Gasteiger partial charge in [-0.3, -0.25) is 4.98 Å². The molecule has 0 fully saturated rings. The molecule has 0 radical (unpaired) electrons. The predicted molar refractivity (Wildman–Crippen MR) is 128 cm³/mol. The molecule has 0 unspecified atom stereocenters. The van der Waals surface area contributed by atoms with Crippen molar-refractivity contribution in [1.29, 1.82) is 0 Å². The maximum Gasteiger partial charge on any atom is 0.266 e. The topological polar surface area (TPSA) is 31.4 Å². The van der Waals surface area contributed by atoms with Crippen LogP contribution in [0.15, 0.2) is 42.6 Å². The summed E-state index contributed by atoms with van der Waals surface area (Å²) in [6, 6.07) is 10.1. The van der Waals surface area contributed by atoms with E-state index in [9.17, 15) is 13.2 Å². The average molecular weight is 466 g/mol. The maximum absolute atomic E-state index is 14.8. The van der Waals surface area contributed by atoms with Crippen molar-refractivity contribution in [3.8, 4) is 16.9 Å². The fourth-order valence-electron chi connectivity index (χ4n) is 4.68. The third kappa shape index (κ3) is 3.90. The van der Waals surface area contributed by atoms with E-state index in [0.717, 1.165) is 50.9 Å². The number of fused-ring (bicyclic) bond motifs is 1. The van der Waals surface area contributed by atoms with Crippen LogP contribution in [0.4, 0.5) is 13.2 Å².